The van der Waals surface area contributed by atoms with Gasteiger partial charge in [0.1, 0.15) is 0 Å². The van der Waals surface area contributed by atoms with Gasteiger partial charge in [-0.15, -0.1) is 0 Å². The van der Waals surface area contributed by atoms with Gasteiger partial charge >= 0.3 is 0 Å². The molecule has 0 saturated carbocycles. The Morgan fingerprint density at radius 3 is 2.81 bits per heavy atom. The van der Waals surface area contributed by atoms with Gasteiger partial charge in [-0.3, -0.25) is 9.78 Å². The molecular weight excluding hydrogens is 386 g/mol. The molecule has 0 unspecified atom stereocenters. The summed E-state index contributed by atoms with van der Waals surface area (Å²) in [6.45, 7) is 0. The Morgan fingerprint density at radius 2 is 1.90 bits per heavy atom. The lowest BCUT2D eigenvalue weighted by Gasteiger charge is -2.07. The highest BCUT2D eigenvalue weighted by molar-refractivity contribution is 6.03. The number of fused-ring (bicyclic) bond motifs is 2. The molecule has 6 nitrogen and oxygen atoms in total. The van der Waals surface area contributed by atoms with Crippen LogP contribution in [0.25, 0.3) is 39.1 Å². The molecular formula is C25H21N5O. The highest BCUT2D eigenvalue weighted by Crippen LogP contribution is 2.27. The van der Waals surface area contributed by atoms with E-state index in [2.05, 4.69) is 21.4 Å². The van der Waals surface area contributed by atoms with Gasteiger partial charge in [-0.2, -0.15) is 0 Å². The van der Waals surface area contributed by atoms with Crippen molar-refractivity contribution in [2.75, 3.05) is 5.32 Å². The Balaban J connectivity index is 1.40. The van der Waals surface area contributed by atoms with Crippen LogP contribution in [0.3, 0.4) is 0 Å². The van der Waals surface area contributed by atoms with E-state index in [1.54, 1.807) is 24.8 Å². The fourth-order valence-electron chi connectivity index (χ4n) is 3.80. The lowest BCUT2D eigenvalue weighted by atomic mass is 10.0. The summed E-state index contributed by atoms with van der Waals surface area (Å²) >= 11 is 0. The van der Waals surface area contributed by atoms with E-state index in [4.69, 9.17) is 0 Å². The Bertz CT molecular complexity index is 1460. The Kier molecular flexibility index (Phi) is 4.59. The minimum atomic E-state index is -0.188. The van der Waals surface area contributed by atoms with Crippen LogP contribution in [0.1, 0.15) is 5.56 Å². The fraction of sp³-hybridized carbons (Fsp3) is 0.0800. The number of nitrogens with one attached hydrogen (secondary N) is 1. The van der Waals surface area contributed by atoms with Crippen molar-refractivity contribution in [3.05, 3.63) is 85.1 Å². The van der Waals surface area contributed by atoms with Crippen LogP contribution in [0.4, 0.5) is 5.69 Å². The maximum atomic E-state index is 12.5. The van der Waals surface area contributed by atoms with E-state index in [9.17, 15) is 4.79 Å². The second kappa shape index (κ2) is 7.57. The van der Waals surface area contributed by atoms with Crippen LogP contribution in [0.2, 0.25) is 0 Å². The number of hydrogen-bond acceptors (Lipinski definition) is 3. The molecule has 31 heavy (non-hydrogen) atoms. The van der Waals surface area contributed by atoms with E-state index in [1.807, 2.05) is 71.9 Å². The molecule has 6 heteroatoms. The molecule has 0 aliphatic rings. The summed E-state index contributed by atoms with van der Waals surface area (Å²) in [5.41, 5.74) is 6.82. The molecule has 1 amide bonds. The number of carbonyl (C=O) groups excluding carboxylic acids is 1. The van der Waals surface area contributed by atoms with Gasteiger partial charge in [0.15, 0.2) is 0 Å². The highest BCUT2D eigenvalue weighted by Gasteiger charge is 2.07. The van der Waals surface area contributed by atoms with Gasteiger partial charge in [-0.1, -0.05) is 6.07 Å². The summed E-state index contributed by atoms with van der Waals surface area (Å²) in [5.74, 6) is -0.188. The van der Waals surface area contributed by atoms with Crippen molar-refractivity contribution in [3.63, 3.8) is 0 Å². The molecule has 0 fully saturated rings. The zero-order valence-electron chi connectivity index (χ0n) is 17.3. The second-order valence-electron chi connectivity index (χ2n) is 7.54. The van der Waals surface area contributed by atoms with Crippen LogP contribution in [-0.2, 0) is 18.9 Å². The van der Waals surface area contributed by atoms with E-state index in [0.717, 1.165) is 44.3 Å². The van der Waals surface area contributed by atoms with Crippen molar-refractivity contribution in [1.29, 1.82) is 0 Å². The van der Waals surface area contributed by atoms with Crippen molar-refractivity contribution in [3.8, 4) is 11.1 Å². The molecule has 0 aliphatic heterocycles. The maximum Gasteiger partial charge on any atom is 0.248 e. The number of amides is 1. The fourth-order valence-corrected chi connectivity index (χ4v) is 3.80. The van der Waals surface area contributed by atoms with Gasteiger partial charge in [0.25, 0.3) is 0 Å². The smallest absolute Gasteiger partial charge is 0.248 e. The van der Waals surface area contributed by atoms with Gasteiger partial charge in [0.05, 0.1) is 17.4 Å². The molecule has 2 aromatic carbocycles. The Hall–Kier alpha value is -4.19. The van der Waals surface area contributed by atoms with Gasteiger partial charge in [-0.25, -0.2) is 4.98 Å². The number of carbonyl (C=O) groups is 1. The van der Waals surface area contributed by atoms with Crippen LogP contribution in [0, 0.1) is 0 Å². The van der Waals surface area contributed by atoms with E-state index >= 15 is 0 Å². The summed E-state index contributed by atoms with van der Waals surface area (Å²) in [4.78, 5) is 21.1. The average Bonchev–Trinajstić information content (AvgIpc) is 3.34. The van der Waals surface area contributed by atoms with E-state index < -0.39 is 0 Å². The van der Waals surface area contributed by atoms with E-state index in [-0.39, 0.29) is 5.91 Å². The number of imidazole rings is 1. The number of aryl methyl sites for hydroxylation is 2. The number of nitrogens with zero attached hydrogens (tertiary/aromatic N) is 4. The van der Waals surface area contributed by atoms with Crippen molar-refractivity contribution in [1.82, 2.24) is 19.1 Å². The first-order valence-corrected chi connectivity index (χ1v) is 9.98. The third kappa shape index (κ3) is 3.59. The number of hydrogen-bond donors (Lipinski definition) is 1. The molecule has 0 aliphatic carbocycles. The molecule has 1 N–H and O–H groups in total. The molecule has 0 spiro atoms. The number of pyridine rings is 1. The van der Waals surface area contributed by atoms with E-state index in [0.29, 0.717) is 0 Å². The van der Waals surface area contributed by atoms with Crippen LogP contribution in [-0.4, -0.2) is 25.0 Å². The molecule has 3 aromatic heterocycles. The van der Waals surface area contributed by atoms with Crippen molar-refractivity contribution in [2.24, 2.45) is 14.1 Å². The maximum absolute atomic E-state index is 12.5. The van der Waals surface area contributed by atoms with Crippen molar-refractivity contribution >= 4 is 39.6 Å². The van der Waals surface area contributed by atoms with Gasteiger partial charge in [0.2, 0.25) is 5.91 Å². The molecule has 0 radical (unpaired) electrons. The minimum absolute atomic E-state index is 0.188. The third-order valence-corrected chi connectivity index (χ3v) is 5.46. The Labute approximate surface area is 179 Å². The second-order valence-corrected chi connectivity index (χ2v) is 7.54. The molecule has 152 valence electrons. The van der Waals surface area contributed by atoms with Crippen LogP contribution in [0.15, 0.2) is 79.5 Å². The van der Waals surface area contributed by atoms with Gasteiger partial charge in [-0.05, 0) is 59.7 Å². The lowest BCUT2D eigenvalue weighted by molar-refractivity contribution is -0.111. The number of aromatic nitrogens is 4. The highest BCUT2D eigenvalue weighted by atomic mass is 16.1. The lowest BCUT2D eigenvalue weighted by Crippen LogP contribution is -2.07. The van der Waals surface area contributed by atoms with Crippen molar-refractivity contribution in [2.45, 2.75) is 0 Å². The minimum Gasteiger partial charge on any atom is -0.351 e. The summed E-state index contributed by atoms with van der Waals surface area (Å²) in [7, 11) is 3.98. The quantitative estimate of drug-likeness (QED) is 0.436. The SMILES string of the molecule is Cn1ccc2cc(NC(=O)C=Cc3cnccc3-c3ccc4ncn(C)c4c3)ccc21. The largest absolute Gasteiger partial charge is 0.351 e. The van der Waals surface area contributed by atoms with Gasteiger partial charge < -0.3 is 14.5 Å². The van der Waals surface area contributed by atoms with Crippen molar-refractivity contribution < 1.29 is 4.79 Å². The first kappa shape index (κ1) is 18.8. The number of benzene rings is 2. The summed E-state index contributed by atoms with van der Waals surface area (Å²) < 4.78 is 4.04. The normalized spacial score (nSPS) is 11.5. The number of rotatable bonds is 4. The molecule has 0 bridgehead atoms. The standard InChI is InChI=1S/C25H21N5O/c1-29-12-10-18-13-20(5-7-23(18)29)28-25(31)8-4-19-15-26-11-9-21(19)17-3-6-22-24(14-17)30(2)16-27-22/h3-16H,1-2H3,(H,28,31). The van der Waals surface area contributed by atoms with Gasteiger partial charge in [0, 0.05) is 60.9 Å². The predicted molar refractivity (Wildman–Crippen MR) is 125 cm³/mol. The van der Waals surface area contributed by atoms with Crippen LogP contribution < -0.4 is 5.32 Å². The summed E-state index contributed by atoms with van der Waals surface area (Å²) in [5, 5.41) is 4.02. The summed E-state index contributed by atoms with van der Waals surface area (Å²) in [6, 6.07) is 16.0. The molecule has 0 atom stereocenters. The summed E-state index contributed by atoms with van der Waals surface area (Å²) in [6.07, 6.45) is 10.7. The average molecular weight is 407 g/mol. The first-order chi connectivity index (χ1) is 15.1. The zero-order valence-corrected chi connectivity index (χ0v) is 17.3. The topological polar surface area (TPSA) is 64.7 Å². The van der Waals surface area contributed by atoms with Crippen LogP contribution >= 0.6 is 0 Å². The monoisotopic (exact) mass is 407 g/mol. The first-order valence-electron chi connectivity index (χ1n) is 9.98. The number of anilines is 1. The molecule has 0 saturated heterocycles. The Morgan fingerprint density at radius 1 is 1.00 bits per heavy atom. The van der Waals surface area contributed by atoms with Crippen LogP contribution in [0.5, 0.6) is 0 Å². The third-order valence-electron chi connectivity index (χ3n) is 5.46. The molecule has 3 heterocycles. The predicted octanol–water partition coefficient (Wildman–Crippen LogP) is 4.78. The molecule has 5 rings (SSSR count). The zero-order chi connectivity index (χ0) is 21.4. The van der Waals surface area contributed by atoms with E-state index in [1.165, 1.54) is 6.08 Å². The molecule has 5 aromatic rings.